The molecule has 0 amide bonds. The number of aromatic amines is 1. The summed E-state index contributed by atoms with van der Waals surface area (Å²) in [5.41, 5.74) is 0.420. The van der Waals surface area contributed by atoms with Crippen LogP contribution in [0.5, 0.6) is 0 Å². The Labute approximate surface area is 134 Å². The zero-order chi connectivity index (χ0) is 16.4. The van der Waals surface area contributed by atoms with E-state index < -0.39 is 21.9 Å². The van der Waals surface area contributed by atoms with Crippen LogP contribution in [0, 0.1) is 5.82 Å². The van der Waals surface area contributed by atoms with Crippen LogP contribution in [-0.2, 0) is 20.5 Å². The summed E-state index contributed by atoms with van der Waals surface area (Å²) in [5, 5.41) is 0. The Bertz CT molecular complexity index is 764. The summed E-state index contributed by atoms with van der Waals surface area (Å²) in [4.78, 5) is 7.14. The van der Waals surface area contributed by atoms with Crippen molar-refractivity contribution in [3.63, 3.8) is 0 Å². The van der Waals surface area contributed by atoms with Gasteiger partial charge in [-0.15, -0.1) is 0 Å². The van der Waals surface area contributed by atoms with E-state index in [9.17, 15) is 12.8 Å². The summed E-state index contributed by atoms with van der Waals surface area (Å²) >= 11 is 0. The van der Waals surface area contributed by atoms with Crippen LogP contribution in [0.15, 0.2) is 36.7 Å². The highest BCUT2D eigenvalue weighted by Crippen LogP contribution is 2.34. The van der Waals surface area contributed by atoms with Crippen LogP contribution < -0.4 is 0 Å². The van der Waals surface area contributed by atoms with E-state index in [1.807, 2.05) is 0 Å². The summed E-state index contributed by atoms with van der Waals surface area (Å²) in [6.45, 7) is 0.263. The lowest BCUT2D eigenvalue weighted by atomic mass is 10.2. The van der Waals surface area contributed by atoms with Gasteiger partial charge in [-0.05, 0) is 24.1 Å². The number of H-pyrrole nitrogens is 1. The second-order valence-electron chi connectivity index (χ2n) is 5.54. The predicted octanol–water partition coefficient (Wildman–Crippen LogP) is 1.84. The number of sulfonamides is 1. The van der Waals surface area contributed by atoms with Gasteiger partial charge in [-0.25, -0.2) is 17.8 Å². The maximum absolute atomic E-state index is 13.3. The lowest BCUT2D eigenvalue weighted by molar-refractivity contribution is 0.114. The fourth-order valence-electron chi connectivity index (χ4n) is 2.88. The molecule has 0 spiro atoms. The van der Waals surface area contributed by atoms with Crippen molar-refractivity contribution in [1.29, 1.82) is 0 Å². The minimum Gasteiger partial charge on any atom is -0.380 e. The Morgan fingerprint density at radius 2 is 2.30 bits per heavy atom. The number of hydrogen-bond acceptors (Lipinski definition) is 4. The van der Waals surface area contributed by atoms with E-state index in [-0.39, 0.29) is 18.4 Å². The highest BCUT2D eigenvalue weighted by atomic mass is 32.2. The van der Waals surface area contributed by atoms with Crippen LogP contribution in [-0.4, -0.2) is 42.4 Å². The van der Waals surface area contributed by atoms with Crippen molar-refractivity contribution in [1.82, 2.24) is 14.3 Å². The first-order valence-corrected chi connectivity index (χ1v) is 8.86. The van der Waals surface area contributed by atoms with Crippen molar-refractivity contribution < 1.29 is 17.5 Å². The minimum atomic E-state index is -3.62. The molecule has 124 valence electrons. The fraction of sp³-hybridized carbons (Fsp3) is 0.400. The molecular formula is C15H18FN3O3S. The number of benzene rings is 1. The standard InChI is InChI=1S/C15H18FN3O3S/c1-22-13-8-14(15-17-5-6-18-15)19(9-13)23(20,21)10-11-3-2-4-12(16)7-11/h2-7,13-14H,8-10H2,1H3,(H,17,18)/t13-,14+/m1/s1. The van der Waals surface area contributed by atoms with Gasteiger partial charge in [-0.2, -0.15) is 4.31 Å². The van der Waals surface area contributed by atoms with Gasteiger partial charge >= 0.3 is 0 Å². The van der Waals surface area contributed by atoms with Crippen LogP contribution in [0.1, 0.15) is 23.9 Å². The van der Waals surface area contributed by atoms with Crippen LogP contribution in [0.4, 0.5) is 4.39 Å². The first-order chi connectivity index (χ1) is 11.0. The lowest BCUT2D eigenvalue weighted by Crippen LogP contribution is -2.33. The Hall–Kier alpha value is -1.77. The number of ether oxygens (including phenoxy) is 1. The third kappa shape index (κ3) is 3.44. The average molecular weight is 339 g/mol. The first-order valence-electron chi connectivity index (χ1n) is 7.25. The summed E-state index contributed by atoms with van der Waals surface area (Å²) in [7, 11) is -2.06. The van der Waals surface area contributed by atoms with Crippen LogP contribution in [0.25, 0.3) is 0 Å². The molecule has 2 heterocycles. The first kappa shape index (κ1) is 16.1. The summed E-state index contributed by atoms with van der Waals surface area (Å²) in [6, 6.07) is 5.24. The van der Waals surface area contributed by atoms with E-state index in [2.05, 4.69) is 9.97 Å². The molecular weight excluding hydrogens is 321 g/mol. The molecule has 0 unspecified atom stereocenters. The van der Waals surface area contributed by atoms with E-state index in [0.29, 0.717) is 17.8 Å². The maximum atomic E-state index is 13.3. The summed E-state index contributed by atoms with van der Waals surface area (Å²) in [6.07, 6.45) is 3.60. The van der Waals surface area contributed by atoms with Crippen molar-refractivity contribution in [2.45, 2.75) is 24.3 Å². The normalized spacial score (nSPS) is 22.5. The van der Waals surface area contributed by atoms with Crippen molar-refractivity contribution >= 4 is 10.0 Å². The number of nitrogens with zero attached hydrogens (tertiary/aromatic N) is 2. The molecule has 1 aromatic carbocycles. The summed E-state index contributed by atoms with van der Waals surface area (Å²) in [5.74, 6) is -0.109. The molecule has 0 aliphatic carbocycles. The number of aromatic nitrogens is 2. The van der Waals surface area contributed by atoms with E-state index in [4.69, 9.17) is 4.74 Å². The van der Waals surface area contributed by atoms with E-state index in [1.165, 1.54) is 22.5 Å². The van der Waals surface area contributed by atoms with Gasteiger partial charge in [0, 0.05) is 26.0 Å². The Morgan fingerprint density at radius 1 is 1.48 bits per heavy atom. The molecule has 1 aliphatic heterocycles. The number of imidazole rings is 1. The molecule has 8 heteroatoms. The van der Waals surface area contributed by atoms with Gasteiger partial charge in [-0.3, -0.25) is 0 Å². The van der Waals surface area contributed by atoms with E-state index in [0.717, 1.165) is 0 Å². The Balaban J connectivity index is 1.87. The van der Waals surface area contributed by atoms with Crippen LogP contribution >= 0.6 is 0 Å². The molecule has 3 rings (SSSR count). The molecule has 2 atom stereocenters. The van der Waals surface area contributed by atoms with Gasteiger partial charge in [0.05, 0.1) is 17.9 Å². The third-order valence-corrected chi connectivity index (χ3v) is 5.80. The van der Waals surface area contributed by atoms with E-state index in [1.54, 1.807) is 25.6 Å². The van der Waals surface area contributed by atoms with Crippen LogP contribution in [0.2, 0.25) is 0 Å². The molecule has 1 aliphatic rings. The average Bonchev–Trinajstić information content (AvgIpc) is 3.16. The van der Waals surface area contributed by atoms with Gasteiger partial charge < -0.3 is 9.72 Å². The van der Waals surface area contributed by atoms with Gasteiger partial charge in [0.25, 0.3) is 0 Å². The van der Waals surface area contributed by atoms with Crippen LogP contribution in [0.3, 0.4) is 0 Å². The largest absolute Gasteiger partial charge is 0.380 e. The zero-order valence-corrected chi connectivity index (χ0v) is 13.5. The molecule has 1 aromatic heterocycles. The quantitative estimate of drug-likeness (QED) is 0.902. The van der Waals surface area contributed by atoms with Crippen molar-refractivity contribution in [3.8, 4) is 0 Å². The summed E-state index contributed by atoms with van der Waals surface area (Å²) < 4.78 is 45.6. The minimum absolute atomic E-state index is 0.188. The molecule has 1 N–H and O–H groups in total. The Morgan fingerprint density at radius 3 is 2.96 bits per heavy atom. The monoisotopic (exact) mass is 339 g/mol. The van der Waals surface area contributed by atoms with Gasteiger partial charge in [0.15, 0.2) is 0 Å². The van der Waals surface area contributed by atoms with Crippen molar-refractivity contribution in [2.24, 2.45) is 0 Å². The molecule has 0 bridgehead atoms. The smallest absolute Gasteiger partial charge is 0.219 e. The van der Waals surface area contributed by atoms with Crippen molar-refractivity contribution in [2.75, 3.05) is 13.7 Å². The number of hydrogen-bond donors (Lipinski definition) is 1. The third-order valence-electron chi connectivity index (χ3n) is 3.98. The highest BCUT2D eigenvalue weighted by molar-refractivity contribution is 7.88. The van der Waals surface area contributed by atoms with Crippen molar-refractivity contribution in [3.05, 3.63) is 53.9 Å². The predicted molar refractivity (Wildman–Crippen MR) is 82.5 cm³/mol. The molecule has 0 radical (unpaired) electrons. The molecule has 23 heavy (non-hydrogen) atoms. The molecule has 2 aromatic rings. The maximum Gasteiger partial charge on any atom is 0.219 e. The highest BCUT2D eigenvalue weighted by Gasteiger charge is 2.41. The second kappa shape index (κ2) is 6.38. The second-order valence-corrected chi connectivity index (χ2v) is 7.46. The Kier molecular flexibility index (Phi) is 4.47. The molecule has 1 saturated heterocycles. The van der Waals surface area contributed by atoms with Gasteiger partial charge in [0.2, 0.25) is 10.0 Å². The number of nitrogens with one attached hydrogen (secondary N) is 1. The van der Waals surface area contributed by atoms with E-state index >= 15 is 0 Å². The topological polar surface area (TPSA) is 75.3 Å². The number of halogens is 1. The SMILES string of the molecule is CO[C@@H]1C[C@@H](c2ncc[nH]2)N(S(=O)(=O)Cc2cccc(F)c2)C1. The molecule has 6 nitrogen and oxygen atoms in total. The number of methoxy groups -OCH3 is 1. The lowest BCUT2D eigenvalue weighted by Gasteiger charge is -2.22. The fourth-order valence-corrected chi connectivity index (χ4v) is 4.61. The zero-order valence-electron chi connectivity index (χ0n) is 12.6. The molecule has 1 fully saturated rings. The van der Waals surface area contributed by atoms with Gasteiger partial charge in [0.1, 0.15) is 11.6 Å². The number of rotatable bonds is 5. The van der Waals surface area contributed by atoms with Gasteiger partial charge in [-0.1, -0.05) is 12.1 Å². The molecule has 0 saturated carbocycles.